The van der Waals surface area contributed by atoms with Crippen LogP contribution in [0.25, 0.3) is 0 Å². The number of nitrogens with zero attached hydrogens (tertiary/aromatic N) is 2. The van der Waals surface area contributed by atoms with E-state index in [-0.39, 0.29) is 18.0 Å². The van der Waals surface area contributed by atoms with E-state index in [1.165, 1.54) is 5.56 Å². The van der Waals surface area contributed by atoms with Crippen molar-refractivity contribution in [1.82, 2.24) is 14.9 Å². The molecular weight excluding hydrogens is 264 g/mol. The molecule has 1 aromatic carbocycles. The lowest BCUT2D eigenvalue weighted by molar-refractivity contribution is -0.123. The number of nitrogens with one attached hydrogen (secondary N) is 1. The van der Waals surface area contributed by atoms with Gasteiger partial charge in [-0.1, -0.05) is 30.3 Å². The summed E-state index contributed by atoms with van der Waals surface area (Å²) < 4.78 is 1.85. The van der Waals surface area contributed by atoms with Crippen molar-refractivity contribution in [2.75, 3.05) is 6.54 Å². The predicted molar refractivity (Wildman–Crippen MR) is 82.7 cm³/mol. The number of hydrogen-bond donors (Lipinski definition) is 2. The lowest BCUT2D eigenvalue weighted by atomic mass is 10.0. The van der Waals surface area contributed by atoms with Crippen LogP contribution >= 0.6 is 0 Å². The van der Waals surface area contributed by atoms with E-state index in [2.05, 4.69) is 10.3 Å². The first-order valence-corrected chi connectivity index (χ1v) is 7.22. The Morgan fingerprint density at radius 2 is 2.10 bits per heavy atom. The van der Waals surface area contributed by atoms with Crippen molar-refractivity contribution in [3.05, 3.63) is 54.1 Å². The highest BCUT2D eigenvalue weighted by atomic mass is 16.2. The van der Waals surface area contributed by atoms with E-state index >= 15 is 0 Å². The van der Waals surface area contributed by atoms with Crippen LogP contribution in [0.15, 0.2) is 42.9 Å². The molecule has 5 heteroatoms. The third-order valence-corrected chi connectivity index (χ3v) is 3.52. The number of imidazole rings is 1. The third-order valence-electron chi connectivity index (χ3n) is 3.52. The molecule has 1 aromatic heterocycles. The van der Waals surface area contributed by atoms with Gasteiger partial charge in [-0.2, -0.15) is 0 Å². The van der Waals surface area contributed by atoms with Gasteiger partial charge in [-0.25, -0.2) is 4.98 Å². The summed E-state index contributed by atoms with van der Waals surface area (Å²) in [5.74, 6) is -0.0244. The predicted octanol–water partition coefficient (Wildman–Crippen LogP) is 1.82. The molecule has 1 amide bonds. The average molecular weight is 286 g/mol. The van der Waals surface area contributed by atoms with Gasteiger partial charge in [0, 0.05) is 12.7 Å². The van der Waals surface area contributed by atoms with Gasteiger partial charge in [0.2, 0.25) is 5.91 Å². The molecule has 0 aliphatic rings. The van der Waals surface area contributed by atoms with E-state index in [1.807, 2.05) is 48.7 Å². The smallest absolute Gasteiger partial charge is 0.242 e. The number of carbonyl (C=O) groups excluding carboxylic acids is 1. The van der Waals surface area contributed by atoms with E-state index in [0.717, 1.165) is 5.69 Å². The third kappa shape index (κ3) is 3.70. The minimum atomic E-state index is -0.315. The maximum absolute atomic E-state index is 12.0. The first kappa shape index (κ1) is 15.3. The zero-order chi connectivity index (χ0) is 15.2. The molecular formula is C16H22N4O. The second kappa shape index (κ2) is 7.04. The quantitative estimate of drug-likeness (QED) is 0.850. The highest BCUT2D eigenvalue weighted by molar-refractivity contribution is 5.79. The Hall–Kier alpha value is -2.14. The lowest BCUT2D eigenvalue weighted by Crippen LogP contribution is -2.32. The van der Waals surface area contributed by atoms with Gasteiger partial charge in [0.15, 0.2) is 0 Å². The van der Waals surface area contributed by atoms with Gasteiger partial charge in [-0.05, 0) is 25.8 Å². The number of aromatic nitrogens is 2. The minimum Gasteiger partial charge on any atom is -0.355 e. The van der Waals surface area contributed by atoms with Crippen LogP contribution in [0, 0.1) is 0 Å². The molecule has 0 radical (unpaired) electrons. The van der Waals surface area contributed by atoms with Gasteiger partial charge >= 0.3 is 0 Å². The summed E-state index contributed by atoms with van der Waals surface area (Å²) in [6, 6.07) is 9.57. The maximum Gasteiger partial charge on any atom is 0.242 e. The van der Waals surface area contributed by atoms with Crippen LogP contribution in [0.5, 0.6) is 0 Å². The van der Waals surface area contributed by atoms with Crippen LogP contribution in [0.2, 0.25) is 0 Å². The molecule has 1 heterocycles. The molecule has 2 aromatic rings. The fourth-order valence-corrected chi connectivity index (χ4v) is 2.35. The molecule has 5 nitrogen and oxygen atoms in total. The van der Waals surface area contributed by atoms with Crippen molar-refractivity contribution < 1.29 is 4.79 Å². The second-order valence-electron chi connectivity index (χ2n) is 5.09. The van der Waals surface area contributed by atoms with Crippen LogP contribution in [0.1, 0.15) is 37.2 Å². The molecule has 0 aliphatic carbocycles. The molecule has 0 fully saturated rings. The Morgan fingerprint density at radius 1 is 1.38 bits per heavy atom. The molecule has 0 bridgehead atoms. The number of likely N-dealkylation sites (N-methyl/N-ethyl adjacent to an activating group) is 1. The number of carbonyl (C=O) groups is 1. The minimum absolute atomic E-state index is 0.0244. The second-order valence-corrected chi connectivity index (χ2v) is 5.09. The SMILES string of the molecule is CCNC(=O)C(C)n1cncc1[C@H](N)Cc1ccccc1. The lowest BCUT2D eigenvalue weighted by Gasteiger charge is -2.19. The Kier molecular flexibility index (Phi) is 5.11. The Balaban J connectivity index is 2.14. The van der Waals surface area contributed by atoms with Gasteiger partial charge in [0.1, 0.15) is 6.04 Å². The van der Waals surface area contributed by atoms with Gasteiger partial charge in [0.05, 0.1) is 18.1 Å². The Morgan fingerprint density at radius 3 is 2.76 bits per heavy atom. The van der Waals surface area contributed by atoms with Crippen molar-refractivity contribution in [2.45, 2.75) is 32.4 Å². The first-order valence-electron chi connectivity index (χ1n) is 7.22. The van der Waals surface area contributed by atoms with E-state index < -0.39 is 0 Å². The summed E-state index contributed by atoms with van der Waals surface area (Å²) in [4.78, 5) is 16.1. The topological polar surface area (TPSA) is 72.9 Å². The highest BCUT2D eigenvalue weighted by Crippen LogP contribution is 2.19. The largest absolute Gasteiger partial charge is 0.355 e. The summed E-state index contributed by atoms with van der Waals surface area (Å²) in [5, 5.41) is 2.82. The number of amides is 1. The molecule has 0 spiro atoms. The van der Waals surface area contributed by atoms with Crippen LogP contribution in [0.4, 0.5) is 0 Å². The van der Waals surface area contributed by atoms with Gasteiger partial charge in [0.25, 0.3) is 0 Å². The molecule has 112 valence electrons. The summed E-state index contributed by atoms with van der Waals surface area (Å²) >= 11 is 0. The zero-order valence-corrected chi connectivity index (χ0v) is 12.5. The van der Waals surface area contributed by atoms with Gasteiger partial charge in [-0.3, -0.25) is 4.79 Å². The van der Waals surface area contributed by atoms with Gasteiger partial charge in [-0.15, -0.1) is 0 Å². The normalized spacial score (nSPS) is 13.7. The molecule has 0 saturated carbocycles. The van der Waals surface area contributed by atoms with Crippen LogP contribution < -0.4 is 11.1 Å². The Labute approximate surface area is 125 Å². The van der Waals surface area contributed by atoms with Crippen LogP contribution in [-0.2, 0) is 11.2 Å². The van der Waals surface area contributed by atoms with Crippen molar-refractivity contribution in [3.8, 4) is 0 Å². The molecule has 2 atom stereocenters. The fourth-order valence-electron chi connectivity index (χ4n) is 2.35. The number of hydrogen-bond acceptors (Lipinski definition) is 3. The number of benzene rings is 1. The van der Waals surface area contributed by atoms with E-state index in [4.69, 9.17) is 5.73 Å². The van der Waals surface area contributed by atoms with Crippen LogP contribution in [-0.4, -0.2) is 22.0 Å². The zero-order valence-electron chi connectivity index (χ0n) is 12.5. The summed E-state index contributed by atoms with van der Waals surface area (Å²) in [7, 11) is 0. The molecule has 21 heavy (non-hydrogen) atoms. The summed E-state index contributed by atoms with van der Waals surface area (Å²) in [6.45, 7) is 4.37. The molecule has 2 rings (SSSR count). The molecule has 3 N–H and O–H groups in total. The highest BCUT2D eigenvalue weighted by Gasteiger charge is 2.20. The molecule has 0 aliphatic heterocycles. The maximum atomic E-state index is 12.0. The van der Waals surface area contributed by atoms with E-state index in [1.54, 1.807) is 12.5 Å². The van der Waals surface area contributed by atoms with Crippen molar-refractivity contribution in [3.63, 3.8) is 0 Å². The van der Waals surface area contributed by atoms with Crippen molar-refractivity contribution in [1.29, 1.82) is 0 Å². The molecule has 1 unspecified atom stereocenters. The first-order chi connectivity index (χ1) is 10.1. The van der Waals surface area contributed by atoms with Crippen LogP contribution in [0.3, 0.4) is 0 Å². The fraction of sp³-hybridized carbons (Fsp3) is 0.375. The van der Waals surface area contributed by atoms with Gasteiger partial charge < -0.3 is 15.6 Å². The standard InChI is InChI=1S/C16H22N4O/c1-3-19-16(21)12(2)20-11-18-10-15(20)14(17)9-13-7-5-4-6-8-13/h4-8,10-12,14H,3,9,17H2,1-2H3,(H,19,21)/t12?,14-/m1/s1. The summed E-state index contributed by atoms with van der Waals surface area (Å²) in [6.07, 6.45) is 4.12. The number of rotatable bonds is 6. The van der Waals surface area contributed by atoms with Crippen molar-refractivity contribution >= 4 is 5.91 Å². The number of nitrogens with two attached hydrogens (primary N) is 1. The average Bonchev–Trinajstić information content (AvgIpc) is 2.97. The Bertz CT molecular complexity index is 579. The van der Waals surface area contributed by atoms with E-state index in [9.17, 15) is 4.79 Å². The van der Waals surface area contributed by atoms with Crippen molar-refractivity contribution in [2.24, 2.45) is 5.73 Å². The summed E-state index contributed by atoms with van der Waals surface area (Å²) in [5.41, 5.74) is 8.33. The monoisotopic (exact) mass is 286 g/mol. The van der Waals surface area contributed by atoms with E-state index in [0.29, 0.717) is 13.0 Å². The molecule has 0 saturated heterocycles.